The molecule has 0 aliphatic carbocycles. The van der Waals surface area contributed by atoms with Crippen molar-refractivity contribution >= 4 is 39.0 Å². The number of sulfonamides is 1. The van der Waals surface area contributed by atoms with Crippen molar-refractivity contribution < 1.29 is 8.42 Å². The van der Waals surface area contributed by atoms with Crippen molar-refractivity contribution in [2.75, 3.05) is 12.4 Å². The molecule has 0 amide bonds. The van der Waals surface area contributed by atoms with Crippen LogP contribution in [-0.4, -0.2) is 20.4 Å². The standard InChI is InChI=1S/C13H13Cl2N3O2S/c1-16-13-12(15)6-10(8-17-13)21(19,20)18-7-9-4-2-3-5-11(9)14/h2-6,8,18H,7H2,1H3,(H,16,17). The molecule has 21 heavy (non-hydrogen) atoms. The number of aromatic nitrogens is 1. The number of nitrogens with zero attached hydrogens (tertiary/aromatic N) is 1. The van der Waals surface area contributed by atoms with Gasteiger partial charge in [-0.25, -0.2) is 18.1 Å². The molecule has 0 bridgehead atoms. The number of hydrogen-bond acceptors (Lipinski definition) is 4. The van der Waals surface area contributed by atoms with Gasteiger partial charge in [0.25, 0.3) is 0 Å². The van der Waals surface area contributed by atoms with Crippen LogP contribution in [0.5, 0.6) is 0 Å². The molecule has 2 aromatic rings. The van der Waals surface area contributed by atoms with Crippen LogP contribution >= 0.6 is 23.2 Å². The number of pyridine rings is 1. The Morgan fingerprint density at radius 3 is 2.52 bits per heavy atom. The van der Waals surface area contributed by atoms with E-state index in [0.717, 1.165) is 0 Å². The Morgan fingerprint density at radius 2 is 1.90 bits per heavy atom. The van der Waals surface area contributed by atoms with Gasteiger partial charge in [-0.2, -0.15) is 0 Å². The van der Waals surface area contributed by atoms with Crippen molar-refractivity contribution in [3.8, 4) is 0 Å². The molecule has 0 fully saturated rings. The third-order valence-electron chi connectivity index (χ3n) is 2.77. The van der Waals surface area contributed by atoms with E-state index in [1.165, 1.54) is 12.3 Å². The molecule has 0 radical (unpaired) electrons. The molecule has 112 valence electrons. The molecule has 0 unspecified atom stereocenters. The zero-order valence-electron chi connectivity index (χ0n) is 11.1. The van der Waals surface area contributed by atoms with E-state index in [-0.39, 0.29) is 16.5 Å². The van der Waals surface area contributed by atoms with Crippen molar-refractivity contribution in [1.29, 1.82) is 0 Å². The van der Waals surface area contributed by atoms with Crippen LogP contribution in [0.15, 0.2) is 41.4 Å². The minimum atomic E-state index is -3.71. The monoisotopic (exact) mass is 345 g/mol. The fourth-order valence-corrected chi connectivity index (χ4v) is 3.15. The quantitative estimate of drug-likeness (QED) is 0.873. The first-order valence-electron chi connectivity index (χ1n) is 6.00. The van der Waals surface area contributed by atoms with Crippen molar-refractivity contribution in [3.63, 3.8) is 0 Å². The van der Waals surface area contributed by atoms with Gasteiger partial charge in [0, 0.05) is 24.8 Å². The summed E-state index contributed by atoms with van der Waals surface area (Å²) in [6.45, 7) is 0.0907. The van der Waals surface area contributed by atoms with Gasteiger partial charge in [-0.3, -0.25) is 0 Å². The molecular formula is C13H13Cl2N3O2S. The summed E-state index contributed by atoms with van der Waals surface area (Å²) >= 11 is 11.9. The fourth-order valence-electron chi connectivity index (χ4n) is 1.65. The van der Waals surface area contributed by atoms with E-state index < -0.39 is 10.0 Å². The number of nitrogens with one attached hydrogen (secondary N) is 2. The molecule has 1 aromatic carbocycles. The van der Waals surface area contributed by atoms with E-state index in [1.807, 2.05) is 0 Å². The molecule has 0 atom stereocenters. The SMILES string of the molecule is CNc1ncc(S(=O)(=O)NCc2ccccc2Cl)cc1Cl. The number of halogens is 2. The summed E-state index contributed by atoms with van der Waals surface area (Å²) in [5, 5.41) is 3.50. The van der Waals surface area contributed by atoms with Crippen molar-refractivity contribution in [2.24, 2.45) is 0 Å². The molecule has 0 aliphatic rings. The van der Waals surface area contributed by atoms with E-state index in [1.54, 1.807) is 31.3 Å². The van der Waals surface area contributed by atoms with Gasteiger partial charge in [-0.15, -0.1) is 0 Å². The van der Waals surface area contributed by atoms with E-state index in [0.29, 0.717) is 16.4 Å². The molecule has 8 heteroatoms. The van der Waals surface area contributed by atoms with Gasteiger partial charge in [0.1, 0.15) is 10.7 Å². The molecule has 0 saturated carbocycles. The van der Waals surface area contributed by atoms with Gasteiger partial charge >= 0.3 is 0 Å². The highest BCUT2D eigenvalue weighted by atomic mass is 35.5. The topological polar surface area (TPSA) is 71.1 Å². The Balaban J connectivity index is 2.19. The molecule has 0 aliphatic heterocycles. The number of rotatable bonds is 5. The smallest absolute Gasteiger partial charge is 0.242 e. The minimum Gasteiger partial charge on any atom is -0.372 e. The van der Waals surface area contributed by atoms with Crippen molar-refractivity contribution in [1.82, 2.24) is 9.71 Å². The highest BCUT2D eigenvalue weighted by Gasteiger charge is 2.16. The summed E-state index contributed by atoms with van der Waals surface area (Å²) in [7, 11) is -2.06. The average molecular weight is 346 g/mol. The summed E-state index contributed by atoms with van der Waals surface area (Å²) in [4.78, 5) is 3.95. The van der Waals surface area contributed by atoms with Gasteiger partial charge in [0.05, 0.1) is 5.02 Å². The molecular weight excluding hydrogens is 333 g/mol. The molecule has 1 aromatic heterocycles. The Labute approximate surface area is 133 Å². The van der Waals surface area contributed by atoms with Crippen LogP contribution in [0.3, 0.4) is 0 Å². The molecule has 2 rings (SSSR count). The summed E-state index contributed by atoms with van der Waals surface area (Å²) in [5.41, 5.74) is 0.689. The third kappa shape index (κ3) is 3.85. The normalized spacial score (nSPS) is 11.4. The van der Waals surface area contributed by atoms with Crippen LogP contribution in [-0.2, 0) is 16.6 Å². The summed E-state index contributed by atoms with van der Waals surface area (Å²) in [6, 6.07) is 8.36. The summed E-state index contributed by atoms with van der Waals surface area (Å²) in [6.07, 6.45) is 1.24. The molecule has 0 spiro atoms. The largest absolute Gasteiger partial charge is 0.372 e. The van der Waals surface area contributed by atoms with E-state index in [2.05, 4.69) is 15.0 Å². The minimum absolute atomic E-state index is 0.00134. The van der Waals surface area contributed by atoms with Gasteiger partial charge in [-0.05, 0) is 17.7 Å². The molecule has 0 saturated heterocycles. The van der Waals surface area contributed by atoms with Gasteiger partial charge in [-0.1, -0.05) is 41.4 Å². The predicted octanol–water partition coefficient (Wildman–Crippen LogP) is 2.91. The lowest BCUT2D eigenvalue weighted by Crippen LogP contribution is -2.23. The van der Waals surface area contributed by atoms with Gasteiger partial charge in [0.2, 0.25) is 10.0 Å². The Morgan fingerprint density at radius 1 is 1.19 bits per heavy atom. The molecule has 2 N–H and O–H groups in total. The molecule has 5 nitrogen and oxygen atoms in total. The second-order valence-corrected chi connectivity index (χ2v) is 6.75. The Kier molecular flexibility index (Phi) is 5.05. The first kappa shape index (κ1) is 16.0. The number of anilines is 1. The lowest BCUT2D eigenvalue weighted by molar-refractivity contribution is 0.581. The highest BCUT2D eigenvalue weighted by molar-refractivity contribution is 7.89. The first-order chi connectivity index (χ1) is 9.94. The highest BCUT2D eigenvalue weighted by Crippen LogP contribution is 2.22. The number of hydrogen-bond donors (Lipinski definition) is 2. The van der Waals surface area contributed by atoms with E-state index in [4.69, 9.17) is 23.2 Å². The predicted molar refractivity (Wildman–Crippen MR) is 84.3 cm³/mol. The van der Waals surface area contributed by atoms with Crippen LogP contribution in [0.1, 0.15) is 5.56 Å². The van der Waals surface area contributed by atoms with E-state index >= 15 is 0 Å². The van der Waals surface area contributed by atoms with Crippen LogP contribution < -0.4 is 10.0 Å². The maximum atomic E-state index is 12.2. The van der Waals surface area contributed by atoms with Crippen LogP contribution in [0.4, 0.5) is 5.82 Å². The third-order valence-corrected chi connectivity index (χ3v) is 4.80. The van der Waals surface area contributed by atoms with Crippen LogP contribution in [0, 0.1) is 0 Å². The van der Waals surface area contributed by atoms with E-state index in [9.17, 15) is 8.42 Å². The average Bonchev–Trinajstić information content (AvgIpc) is 2.46. The number of benzene rings is 1. The van der Waals surface area contributed by atoms with Gasteiger partial charge < -0.3 is 5.32 Å². The summed E-state index contributed by atoms with van der Waals surface area (Å²) < 4.78 is 26.9. The Hall–Kier alpha value is -1.34. The van der Waals surface area contributed by atoms with Crippen molar-refractivity contribution in [2.45, 2.75) is 11.4 Å². The lowest BCUT2D eigenvalue weighted by Gasteiger charge is -2.09. The van der Waals surface area contributed by atoms with Crippen LogP contribution in [0.25, 0.3) is 0 Å². The maximum absolute atomic E-state index is 12.2. The van der Waals surface area contributed by atoms with Crippen molar-refractivity contribution in [3.05, 3.63) is 52.1 Å². The second-order valence-electron chi connectivity index (χ2n) is 4.17. The first-order valence-corrected chi connectivity index (χ1v) is 8.24. The summed E-state index contributed by atoms with van der Waals surface area (Å²) in [5.74, 6) is 0.418. The second kappa shape index (κ2) is 6.62. The fraction of sp³-hybridized carbons (Fsp3) is 0.154. The Bertz CT molecular complexity index is 751. The van der Waals surface area contributed by atoms with Crippen LogP contribution in [0.2, 0.25) is 10.0 Å². The zero-order valence-corrected chi connectivity index (χ0v) is 13.4. The maximum Gasteiger partial charge on any atom is 0.242 e. The molecule has 1 heterocycles. The lowest BCUT2D eigenvalue weighted by atomic mass is 10.2. The zero-order chi connectivity index (χ0) is 15.5. The van der Waals surface area contributed by atoms with Gasteiger partial charge in [0.15, 0.2) is 0 Å².